The highest BCUT2D eigenvalue weighted by molar-refractivity contribution is 5.79. The van der Waals surface area contributed by atoms with Crippen molar-refractivity contribution in [1.82, 2.24) is 20.4 Å². The fraction of sp³-hybridized carbons (Fsp3) is 0.682. The minimum absolute atomic E-state index is 0.266. The number of morpholine rings is 1. The van der Waals surface area contributed by atoms with Gasteiger partial charge < -0.3 is 20.1 Å². The summed E-state index contributed by atoms with van der Waals surface area (Å²) < 4.78 is 10.9. The number of benzene rings is 1. The van der Waals surface area contributed by atoms with Crippen molar-refractivity contribution in [2.24, 2.45) is 4.99 Å². The van der Waals surface area contributed by atoms with Gasteiger partial charge >= 0.3 is 0 Å². The van der Waals surface area contributed by atoms with Gasteiger partial charge in [-0.15, -0.1) is 0 Å². The first-order valence-electron chi connectivity index (χ1n) is 10.9. The Morgan fingerprint density at radius 2 is 1.97 bits per heavy atom. The SMILES string of the molecule is CCN1CCCC1CNC(=NC)NCC(c1ccc(OC)cc1)N1CCOCC1. The summed E-state index contributed by atoms with van der Waals surface area (Å²) >= 11 is 0. The molecule has 7 heteroatoms. The third kappa shape index (κ3) is 6.07. The monoisotopic (exact) mass is 403 g/mol. The number of hydrogen-bond acceptors (Lipinski definition) is 5. The van der Waals surface area contributed by atoms with Crippen LogP contribution < -0.4 is 15.4 Å². The van der Waals surface area contributed by atoms with Crippen LogP contribution in [0.1, 0.15) is 31.4 Å². The van der Waals surface area contributed by atoms with Crippen LogP contribution in [0.25, 0.3) is 0 Å². The van der Waals surface area contributed by atoms with E-state index in [9.17, 15) is 0 Å². The molecule has 2 unspecified atom stereocenters. The number of ether oxygens (including phenoxy) is 2. The lowest BCUT2D eigenvalue weighted by atomic mass is 10.0. The zero-order valence-corrected chi connectivity index (χ0v) is 18.2. The fourth-order valence-corrected chi connectivity index (χ4v) is 4.34. The van der Waals surface area contributed by atoms with Crippen LogP contribution in [-0.2, 0) is 4.74 Å². The highest BCUT2D eigenvalue weighted by atomic mass is 16.5. The second-order valence-electron chi connectivity index (χ2n) is 7.70. The first kappa shape index (κ1) is 21.9. The first-order chi connectivity index (χ1) is 14.2. The smallest absolute Gasteiger partial charge is 0.191 e. The molecule has 2 aliphatic rings. The molecule has 2 saturated heterocycles. The summed E-state index contributed by atoms with van der Waals surface area (Å²) in [6, 6.07) is 9.27. The molecule has 29 heavy (non-hydrogen) atoms. The predicted molar refractivity (Wildman–Crippen MR) is 118 cm³/mol. The molecule has 2 aliphatic heterocycles. The van der Waals surface area contributed by atoms with Gasteiger partial charge in [0.25, 0.3) is 0 Å². The zero-order chi connectivity index (χ0) is 20.5. The molecule has 0 aliphatic carbocycles. The first-order valence-corrected chi connectivity index (χ1v) is 10.9. The van der Waals surface area contributed by atoms with E-state index in [-0.39, 0.29) is 6.04 Å². The van der Waals surface area contributed by atoms with Crippen molar-refractivity contribution < 1.29 is 9.47 Å². The molecule has 162 valence electrons. The standard InChI is InChI=1S/C22H37N5O2/c1-4-26-11-5-6-19(26)16-24-22(23-2)25-17-21(27-12-14-29-15-13-27)18-7-9-20(28-3)10-8-18/h7-10,19,21H,4-6,11-17H2,1-3H3,(H2,23,24,25). The molecule has 0 spiro atoms. The van der Waals surface area contributed by atoms with Crippen LogP contribution in [0.3, 0.4) is 0 Å². The van der Waals surface area contributed by atoms with Crippen LogP contribution in [0.15, 0.2) is 29.3 Å². The Balaban J connectivity index is 1.60. The summed E-state index contributed by atoms with van der Waals surface area (Å²) in [6.45, 7) is 9.78. The lowest BCUT2D eigenvalue weighted by molar-refractivity contribution is 0.0170. The van der Waals surface area contributed by atoms with Crippen LogP contribution in [0.5, 0.6) is 5.75 Å². The van der Waals surface area contributed by atoms with E-state index in [4.69, 9.17) is 9.47 Å². The number of nitrogens with zero attached hydrogens (tertiary/aromatic N) is 3. The quantitative estimate of drug-likeness (QED) is 0.509. The van der Waals surface area contributed by atoms with E-state index < -0.39 is 0 Å². The van der Waals surface area contributed by atoms with Gasteiger partial charge in [-0.3, -0.25) is 14.8 Å². The molecule has 2 heterocycles. The molecule has 3 rings (SSSR count). The normalized spacial score (nSPS) is 22.4. The number of nitrogens with one attached hydrogen (secondary N) is 2. The Kier molecular flexibility index (Phi) is 8.58. The second-order valence-corrected chi connectivity index (χ2v) is 7.70. The van der Waals surface area contributed by atoms with E-state index in [2.05, 4.69) is 44.5 Å². The van der Waals surface area contributed by atoms with Gasteiger partial charge in [0.15, 0.2) is 5.96 Å². The fourth-order valence-electron chi connectivity index (χ4n) is 4.34. The van der Waals surface area contributed by atoms with E-state index in [1.165, 1.54) is 24.9 Å². The Morgan fingerprint density at radius 1 is 1.21 bits per heavy atom. The van der Waals surface area contributed by atoms with Crippen molar-refractivity contribution in [2.75, 3.05) is 66.6 Å². The molecule has 2 fully saturated rings. The van der Waals surface area contributed by atoms with Crippen molar-refractivity contribution in [1.29, 1.82) is 0 Å². The van der Waals surface area contributed by atoms with E-state index in [0.29, 0.717) is 6.04 Å². The Hall–Kier alpha value is -1.83. The highest BCUT2D eigenvalue weighted by Gasteiger charge is 2.25. The second kappa shape index (κ2) is 11.4. The summed E-state index contributed by atoms with van der Waals surface area (Å²) in [5.74, 6) is 1.76. The van der Waals surface area contributed by atoms with E-state index in [1.807, 2.05) is 19.2 Å². The van der Waals surface area contributed by atoms with Crippen LogP contribution in [0.2, 0.25) is 0 Å². The maximum Gasteiger partial charge on any atom is 0.191 e. The summed E-state index contributed by atoms with van der Waals surface area (Å²) in [5, 5.41) is 7.10. The molecule has 0 aromatic heterocycles. The van der Waals surface area contributed by atoms with E-state index >= 15 is 0 Å². The van der Waals surface area contributed by atoms with Crippen molar-refractivity contribution in [3.8, 4) is 5.75 Å². The maximum atomic E-state index is 5.56. The van der Waals surface area contributed by atoms with Crippen molar-refractivity contribution in [2.45, 2.75) is 31.8 Å². The summed E-state index contributed by atoms with van der Waals surface area (Å²) in [5.41, 5.74) is 1.28. The molecular weight excluding hydrogens is 366 g/mol. The Labute approximate surface area is 175 Å². The van der Waals surface area contributed by atoms with Gasteiger partial charge in [0.2, 0.25) is 0 Å². The Bertz CT molecular complexity index is 631. The molecule has 1 aromatic rings. The molecule has 1 aromatic carbocycles. The number of methoxy groups -OCH3 is 1. The lowest BCUT2D eigenvalue weighted by Gasteiger charge is -2.35. The highest BCUT2D eigenvalue weighted by Crippen LogP contribution is 2.23. The largest absolute Gasteiger partial charge is 0.497 e. The van der Waals surface area contributed by atoms with Gasteiger partial charge in [0.1, 0.15) is 5.75 Å². The van der Waals surface area contributed by atoms with Gasteiger partial charge in [0.05, 0.1) is 26.4 Å². The molecule has 0 radical (unpaired) electrons. The van der Waals surface area contributed by atoms with Gasteiger partial charge in [0, 0.05) is 39.3 Å². The third-order valence-corrected chi connectivity index (χ3v) is 6.08. The molecule has 0 saturated carbocycles. The van der Waals surface area contributed by atoms with Gasteiger partial charge in [-0.1, -0.05) is 19.1 Å². The lowest BCUT2D eigenvalue weighted by Crippen LogP contribution is -2.48. The zero-order valence-electron chi connectivity index (χ0n) is 18.2. The molecule has 0 bridgehead atoms. The summed E-state index contributed by atoms with van der Waals surface area (Å²) in [7, 11) is 3.55. The maximum absolute atomic E-state index is 5.56. The van der Waals surface area contributed by atoms with Crippen molar-refractivity contribution >= 4 is 5.96 Å². The average Bonchev–Trinajstić information content (AvgIpc) is 3.24. The minimum Gasteiger partial charge on any atom is -0.497 e. The van der Waals surface area contributed by atoms with Crippen LogP contribution in [0, 0.1) is 0 Å². The number of hydrogen-bond donors (Lipinski definition) is 2. The molecule has 0 amide bonds. The van der Waals surface area contributed by atoms with Crippen LogP contribution >= 0.6 is 0 Å². The summed E-state index contributed by atoms with van der Waals surface area (Å²) in [4.78, 5) is 9.49. The summed E-state index contributed by atoms with van der Waals surface area (Å²) in [6.07, 6.45) is 2.56. The van der Waals surface area contributed by atoms with Gasteiger partial charge in [-0.2, -0.15) is 0 Å². The van der Waals surface area contributed by atoms with Gasteiger partial charge in [-0.25, -0.2) is 0 Å². The number of likely N-dealkylation sites (N-methyl/N-ethyl adjacent to an activating group) is 1. The molecule has 2 N–H and O–H groups in total. The molecule has 7 nitrogen and oxygen atoms in total. The average molecular weight is 404 g/mol. The number of rotatable bonds is 8. The molecular formula is C22H37N5O2. The topological polar surface area (TPSA) is 61.4 Å². The Morgan fingerprint density at radius 3 is 2.62 bits per heavy atom. The van der Waals surface area contributed by atoms with Crippen LogP contribution in [0.4, 0.5) is 0 Å². The molecule has 2 atom stereocenters. The van der Waals surface area contributed by atoms with Gasteiger partial charge in [-0.05, 0) is 43.6 Å². The van der Waals surface area contributed by atoms with Crippen molar-refractivity contribution in [3.63, 3.8) is 0 Å². The van der Waals surface area contributed by atoms with E-state index in [0.717, 1.165) is 57.6 Å². The third-order valence-electron chi connectivity index (χ3n) is 6.08. The van der Waals surface area contributed by atoms with Crippen molar-refractivity contribution in [3.05, 3.63) is 29.8 Å². The van der Waals surface area contributed by atoms with E-state index in [1.54, 1.807) is 7.11 Å². The number of guanidine groups is 1. The predicted octanol–water partition coefficient (Wildman–Crippen LogP) is 1.72. The minimum atomic E-state index is 0.266. The van der Waals surface area contributed by atoms with Crippen LogP contribution in [-0.4, -0.2) is 88.4 Å². The number of aliphatic imine (C=N–C) groups is 1. The number of likely N-dealkylation sites (tertiary alicyclic amines) is 1.